The van der Waals surface area contributed by atoms with Gasteiger partial charge in [-0.15, -0.1) is 0 Å². The summed E-state index contributed by atoms with van der Waals surface area (Å²) in [5.74, 6) is 0.440. The van der Waals surface area contributed by atoms with Crippen molar-refractivity contribution in [2.24, 2.45) is 0 Å². The van der Waals surface area contributed by atoms with Crippen molar-refractivity contribution in [2.45, 2.75) is 6.42 Å². The van der Waals surface area contributed by atoms with Gasteiger partial charge in [0.25, 0.3) is 0 Å². The molecule has 0 aliphatic rings. The second kappa shape index (κ2) is 5.54. The maximum atomic E-state index is 11.7. The predicted molar refractivity (Wildman–Crippen MR) is 68.5 cm³/mol. The minimum Gasteiger partial charge on any atom is -0.310 e. The van der Waals surface area contributed by atoms with E-state index in [1.165, 1.54) is 0 Å². The van der Waals surface area contributed by atoms with Crippen LogP contribution in [0, 0.1) is 0 Å². The Hall–Kier alpha value is -1.75. The van der Waals surface area contributed by atoms with Crippen molar-refractivity contribution in [1.29, 1.82) is 0 Å². The first kappa shape index (κ1) is 11.7. The lowest BCUT2D eigenvalue weighted by atomic mass is 10.2. The van der Waals surface area contributed by atoms with Crippen LogP contribution in [-0.4, -0.2) is 15.9 Å². The standard InChI is InChI=1S/C12H10BrN3O/c13-10-3-4-11(15-8-10)16-12(17)6-9-2-1-5-14-7-9/h1-5,7-8H,6H2,(H,15,16,17). The van der Waals surface area contributed by atoms with E-state index in [0.717, 1.165) is 10.0 Å². The lowest BCUT2D eigenvalue weighted by Gasteiger charge is -2.04. The average Bonchev–Trinajstić information content (AvgIpc) is 2.33. The van der Waals surface area contributed by atoms with Crippen LogP contribution in [0.2, 0.25) is 0 Å². The summed E-state index contributed by atoms with van der Waals surface area (Å²) in [5, 5.41) is 2.72. The number of hydrogen-bond donors (Lipinski definition) is 1. The van der Waals surface area contributed by atoms with Crippen molar-refractivity contribution < 1.29 is 4.79 Å². The molecule has 0 aromatic carbocycles. The Labute approximate surface area is 107 Å². The van der Waals surface area contributed by atoms with Crippen LogP contribution in [0.1, 0.15) is 5.56 Å². The van der Waals surface area contributed by atoms with Gasteiger partial charge in [-0.2, -0.15) is 0 Å². The van der Waals surface area contributed by atoms with Gasteiger partial charge in [0.1, 0.15) is 5.82 Å². The number of amides is 1. The maximum absolute atomic E-state index is 11.7. The highest BCUT2D eigenvalue weighted by Crippen LogP contribution is 2.10. The second-order valence-electron chi connectivity index (χ2n) is 3.45. The third-order valence-electron chi connectivity index (χ3n) is 2.08. The largest absolute Gasteiger partial charge is 0.310 e. The van der Waals surface area contributed by atoms with E-state index in [2.05, 4.69) is 31.2 Å². The highest BCUT2D eigenvalue weighted by Gasteiger charge is 2.04. The maximum Gasteiger partial charge on any atom is 0.230 e. The molecule has 2 aromatic heterocycles. The van der Waals surface area contributed by atoms with Gasteiger partial charge in [-0.3, -0.25) is 9.78 Å². The quantitative estimate of drug-likeness (QED) is 0.945. The number of rotatable bonds is 3. The summed E-state index contributed by atoms with van der Waals surface area (Å²) in [7, 11) is 0. The molecular weight excluding hydrogens is 282 g/mol. The molecule has 4 nitrogen and oxygen atoms in total. The molecular formula is C12H10BrN3O. The molecule has 0 radical (unpaired) electrons. The summed E-state index contributed by atoms with van der Waals surface area (Å²) in [5.41, 5.74) is 0.877. The summed E-state index contributed by atoms with van der Waals surface area (Å²) in [6.07, 6.45) is 5.29. The van der Waals surface area contributed by atoms with Gasteiger partial charge in [0.05, 0.1) is 6.42 Å². The van der Waals surface area contributed by atoms with Crippen LogP contribution in [0.15, 0.2) is 47.3 Å². The Balaban J connectivity index is 1.96. The topological polar surface area (TPSA) is 54.9 Å². The summed E-state index contributed by atoms with van der Waals surface area (Å²) >= 11 is 3.28. The van der Waals surface area contributed by atoms with Gasteiger partial charge in [-0.1, -0.05) is 6.07 Å². The third-order valence-corrected chi connectivity index (χ3v) is 2.55. The summed E-state index contributed by atoms with van der Waals surface area (Å²) in [6, 6.07) is 7.24. The number of nitrogens with zero attached hydrogens (tertiary/aromatic N) is 2. The van der Waals surface area contributed by atoms with E-state index in [4.69, 9.17) is 0 Å². The molecule has 0 bridgehead atoms. The molecule has 0 unspecified atom stereocenters. The van der Waals surface area contributed by atoms with Crippen LogP contribution in [0.3, 0.4) is 0 Å². The lowest BCUT2D eigenvalue weighted by molar-refractivity contribution is -0.115. The van der Waals surface area contributed by atoms with Gasteiger partial charge in [-0.25, -0.2) is 4.98 Å². The average molecular weight is 292 g/mol. The van der Waals surface area contributed by atoms with Crippen molar-refractivity contribution in [2.75, 3.05) is 5.32 Å². The van der Waals surface area contributed by atoms with E-state index in [1.54, 1.807) is 30.7 Å². The van der Waals surface area contributed by atoms with Crippen molar-refractivity contribution in [3.8, 4) is 0 Å². The Morgan fingerprint density at radius 3 is 2.82 bits per heavy atom. The molecule has 2 aromatic rings. The van der Waals surface area contributed by atoms with E-state index in [-0.39, 0.29) is 5.91 Å². The number of carbonyl (C=O) groups is 1. The van der Waals surface area contributed by atoms with Crippen LogP contribution >= 0.6 is 15.9 Å². The van der Waals surface area contributed by atoms with Gasteiger partial charge < -0.3 is 5.32 Å². The number of aromatic nitrogens is 2. The molecule has 17 heavy (non-hydrogen) atoms. The summed E-state index contributed by atoms with van der Waals surface area (Å²) in [6.45, 7) is 0. The van der Waals surface area contributed by atoms with Crippen LogP contribution in [0.5, 0.6) is 0 Å². The molecule has 0 aliphatic carbocycles. The Kier molecular flexibility index (Phi) is 3.82. The molecule has 0 fully saturated rings. The van der Waals surface area contributed by atoms with Crippen LogP contribution < -0.4 is 5.32 Å². The second-order valence-corrected chi connectivity index (χ2v) is 4.36. The molecule has 2 rings (SSSR count). The van der Waals surface area contributed by atoms with Crippen LogP contribution in [0.4, 0.5) is 5.82 Å². The lowest BCUT2D eigenvalue weighted by Crippen LogP contribution is -2.15. The van der Waals surface area contributed by atoms with Crippen molar-refractivity contribution in [1.82, 2.24) is 9.97 Å². The highest BCUT2D eigenvalue weighted by atomic mass is 79.9. The van der Waals surface area contributed by atoms with Gasteiger partial charge in [0.15, 0.2) is 0 Å². The first-order chi connectivity index (χ1) is 8.24. The molecule has 86 valence electrons. The molecule has 0 saturated carbocycles. The van der Waals surface area contributed by atoms with E-state index < -0.39 is 0 Å². The Morgan fingerprint density at radius 1 is 1.29 bits per heavy atom. The number of carbonyl (C=O) groups excluding carboxylic acids is 1. The highest BCUT2D eigenvalue weighted by molar-refractivity contribution is 9.10. The number of nitrogens with one attached hydrogen (secondary N) is 1. The number of pyridine rings is 2. The molecule has 0 saturated heterocycles. The van der Waals surface area contributed by atoms with Gasteiger partial charge >= 0.3 is 0 Å². The van der Waals surface area contributed by atoms with Crippen LogP contribution in [-0.2, 0) is 11.2 Å². The smallest absolute Gasteiger partial charge is 0.230 e. The van der Waals surface area contributed by atoms with E-state index in [0.29, 0.717) is 12.2 Å². The van der Waals surface area contributed by atoms with Gasteiger partial charge in [0, 0.05) is 23.1 Å². The van der Waals surface area contributed by atoms with Gasteiger partial charge in [0.2, 0.25) is 5.91 Å². The Bertz CT molecular complexity index is 499. The number of hydrogen-bond acceptors (Lipinski definition) is 3. The normalized spacial score (nSPS) is 9.94. The zero-order chi connectivity index (χ0) is 12.1. The third kappa shape index (κ3) is 3.64. The monoisotopic (exact) mass is 291 g/mol. The Morgan fingerprint density at radius 2 is 2.18 bits per heavy atom. The fourth-order valence-electron chi connectivity index (χ4n) is 1.32. The summed E-state index contributed by atoms with van der Waals surface area (Å²) < 4.78 is 0.878. The molecule has 1 N–H and O–H groups in total. The van der Waals surface area contributed by atoms with Crippen LogP contribution in [0.25, 0.3) is 0 Å². The van der Waals surface area contributed by atoms with E-state index in [1.807, 2.05) is 12.1 Å². The molecule has 1 amide bonds. The fraction of sp³-hybridized carbons (Fsp3) is 0.0833. The van der Waals surface area contributed by atoms with E-state index >= 15 is 0 Å². The van der Waals surface area contributed by atoms with Gasteiger partial charge in [-0.05, 0) is 39.7 Å². The molecule has 0 atom stereocenters. The molecule has 5 heteroatoms. The first-order valence-electron chi connectivity index (χ1n) is 5.04. The SMILES string of the molecule is O=C(Cc1cccnc1)Nc1ccc(Br)cn1. The fourth-order valence-corrected chi connectivity index (χ4v) is 1.56. The van der Waals surface area contributed by atoms with Crippen molar-refractivity contribution >= 4 is 27.7 Å². The predicted octanol–water partition coefficient (Wildman–Crippen LogP) is 2.42. The zero-order valence-corrected chi connectivity index (χ0v) is 10.5. The molecule has 0 spiro atoms. The van der Waals surface area contributed by atoms with Crippen molar-refractivity contribution in [3.05, 3.63) is 52.9 Å². The molecule has 0 aliphatic heterocycles. The number of halogens is 1. The minimum absolute atomic E-state index is 0.104. The van der Waals surface area contributed by atoms with Crippen molar-refractivity contribution in [3.63, 3.8) is 0 Å². The number of anilines is 1. The minimum atomic E-state index is -0.104. The van der Waals surface area contributed by atoms with E-state index in [9.17, 15) is 4.79 Å². The summed E-state index contributed by atoms with van der Waals surface area (Å²) in [4.78, 5) is 19.7. The first-order valence-corrected chi connectivity index (χ1v) is 5.83. The zero-order valence-electron chi connectivity index (χ0n) is 8.93. The molecule has 2 heterocycles.